The monoisotopic (exact) mass is 345 g/mol. The molecule has 2 aromatic heterocycles. The number of amides is 1. The van der Waals surface area contributed by atoms with Gasteiger partial charge in [-0.15, -0.1) is 0 Å². The second-order valence-electron chi connectivity index (χ2n) is 6.09. The number of β-amino-alcohol motifs (C(OH)–C–C–N with tert-alkyl or cyclic N) is 1. The van der Waals surface area contributed by atoms with Crippen LogP contribution in [0.2, 0.25) is 0 Å². The van der Waals surface area contributed by atoms with Gasteiger partial charge in [0.25, 0.3) is 0 Å². The van der Waals surface area contributed by atoms with E-state index in [0.29, 0.717) is 25.4 Å². The van der Waals surface area contributed by atoms with Crippen molar-refractivity contribution in [2.75, 3.05) is 19.6 Å². The molecule has 2 aromatic rings. The van der Waals surface area contributed by atoms with Crippen LogP contribution in [0.4, 0.5) is 0 Å². The number of aromatic nitrogens is 3. The molecule has 1 saturated heterocycles. The van der Waals surface area contributed by atoms with Gasteiger partial charge in [0, 0.05) is 38.6 Å². The van der Waals surface area contributed by atoms with Crippen LogP contribution in [0.3, 0.4) is 0 Å². The summed E-state index contributed by atoms with van der Waals surface area (Å²) in [6.07, 6.45) is 5.87. The largest absolute Gasteiger partial charge is 0.483 e. The highest BCUT2D eigenvalue weighted by Gasteiger charge is 2.34. The van der Waals surface area contributed by atoms with Gasteiger partial charge in [-0.1, -0.05) is 6.07 Å². The Kier molecular flexibility index (Phi) is 5.62. The van der Waals surface area contributed by atoms with Crippen LogP contribution in [-0.2, 0) is 17.9 Å². The molecule has 0 aliphatic carbocycles. The SMILES string of the molecule is CCn1cc(O[C@@H]2CN(CC(=O)NCc3cccnc3)C[C@H]2O)cn1. The van der Waals surface area contributed by atoms with Gasteiger partial charge in [-0.05, 0) is 18.6 Å². The number of aliphatic hydroxyl groups excluding tert-OH is 1. The normalized spacial score (nSPS) is 20.6. The lowest BCUT2D eigenvalue weighted by Crippen LogP contribution is -2.36. The molecule has 2 N–H and O–H groups in total. The molecule has 0 unspecified atom stereocenters. The third-order valence-electron chi connectivity index (χ3n) is 4.11. The van der Waals surface area contributed by atoms with Gasteiger partial charge in [-0.2, -0.15) is 5.10 Å². The molecule has 134 valence electrons. The van der Waals surface area contributed by atoms with E-state index in [1.54, 1.807) is 29.5 Å². The van der Waals surface area contributed by atoms with E-state index in [2.05, 4.69) is 15.4 Å². The average molecular weight is 345 g/mol. The standard InChI is InChI=1S/C17H23N5O3/c1-2-22-9-14(8-20-22)25-16-11-21(10-15(16)23)12-17(24)19-7-13-4-3-5-18-6-13/h3-6,8-9,15-16,23H,2,7,10-12H2,1H3,(H,19,24)/t15-,16-/m1/s1. The number of carbonyl (C=O) groups excluding carboxylic acids is 1. The van der Waals surface area contributed by atoms with Crippen LogP contribution in [-0.4, -0.2) is 62.5 Å². The Bertz CT molecular complexity index is 691. The minimum absolute atomic E-state index is 0.0875. The lowest BCUT2D eigenvalue weighted by molar-refractivity contribution is -0.122. The number of ether oxygens (including phenoxy) is 1. The molecule has 1 aliphatic heterocycles. The highest BCUT2D eigenvalue weighted by Crippen LogP contribution is 2.18. The van der Waals surface area contributed by atoms with E-state index in [4.69, 9.17) is 4.74 Å². The Balaban J connectivity index is 1.45. The van der Waals surface area contributed by atoms with Gasteiger partial charge in [0.15, 0.2) is 5.75 Å². The summed E-state index contributed by atoms with van der Waals surface area (Å²) in [5, 5.41) is 17.2. The van der Waals surface area contributed by atoms with Gasteiger partial charge < -0.3 is 15.2 Å². The van der Waals surface area contributed by atoms with Crippen LogP contribution < -0.4 is 10.1 Å². The predicted molar refractivity (Wildman–Crippen MR) is 90.8 cm³/mol. The first kappa shape index (κ1) is 17.4. The molecular weight excluding hydrogens is 322 g/mol. The molecule has 8 nitrogen and oxygen atoms in total. The summed E-state index contributed by atoms with van der Waals surface area (Å²) >= 11 is 0. The molecule has 2 atom stereocenters. The number of aliphatic hydroxyl groups is 1. The molecular formula is C17H23N5O3. The van der Waals surface area contributed by atoms with E-state index < -0.39 is 6.10 Å². The molecule has 25 heavy (non-hydrogen) atoms. The molecule has 0 saturated carbocycles. The fourth-order valence-corrected chi connectivity index (χ4v) is 2.79. The molecule has 1 amide bonds. The van der Waals surface area contributed by atoms with Crippen LogP contribution in [0.15, 0.2) is 36.9 Å². The van der Waals surface area contributed by atoms with E-state index in [1.807, 2.05) is 24.0 Å². The number of rotatable bonds is 7. The minimum atomic E-state index is -0.629. The van der Waals surface area contributed by atoms with Crippen LogP contribution in [0.5, 0.6) is 5.75 Å². The first-order valence-corrected chi connectivity index (χ1v) is 8.39. The quantitative estimate of drug-likeness (QED) is 0.736. The zero-order chi connectivity index (χ0) is 17.6. The number of hydrogen-bond acceptors (Lipinski definition) is 6. The molecule has 3 rings (SSSR count). The second kappa shape index (κ2) is 8.09. The molecule has 0 aromatic carbocycles. The van der Waals surface area contributed by atoms with Crippen molar-refractivity contribution in [3.63, 3.8) is 0 Å². The Hall–Kier alpha value is -2.45. The maximum atomic E-state index is 12.1. The molecule has 0 bridgehead atoms. The summed E-state index contributed by atoms with van der Waals surface area (Å²) < 4.78 is 7.56. The fraction of sp³-hybridized carbons (Fsp3) is 0.471. The van der Waals surface area contributed by atoms with E-state index in [1.165, 1.54) is 0 Å². The Morgan fingerprint density at radius 2 is 2.32 bits per heavy atom. The second-order valence-corrected chi connectivity index (χ2v) is 6.09. The van der Waals surface area contributed by atoms with Crippen molar-refractivity contribution in [3.05, 3.63) is 42.5 Å². The fourth-order valence-electron chi connectivity index (χ4n) is 2.79. The minimum Gasteiger partial charge on any atom is -0.483 e. The Morgan fingerprint density at radius 1 is 1.44 bits per heavy atom. The van der Waals surface area contributed by atoms with Gasteiger partial charge in [-0.25, -0.2) is 0 Å². The zero-order valence-electron chi connectivity index (χ0n) is 14.2. The summed E-state index contributed by atoms with van der Waals surface area (Å²) in [4.78, 5) is 18.0. The van der Waals surface area contributed by atoms with Gasteiger partial charge in [0.05, 0.1) is 18.9 Å². The van der Waals surface area contributed by atoms with Crippen molar-refractivity contribution in [3.8, 4) is 5.75 Å². The van der Waals surface area contributed by atoms with E-state index in [9.17, 15) is 9.90 Å². The number of likely N-dealkylation sites (tertiary alicyclic amines) is 1. The van der Waals surface area contributed by atoms with Crippen molar-refractivity contribution >= 4 is 5.91 Å². The zero-order valence-corrected chi connectivity index (χ0v) is 14.2. The lowest BCUT2D eigenvalue weighted by Gasteiger charge is -2.16. The van der Waals surface area contributed by atoms with Crippen LogP contribution in [0.25, 0.3) is 0 Å². The molecule has 0 spiro atoms. The lowest BCUT2D eigenvalue weighted by atomic mass is 10.3. The Labute approximate surface area is 146 Å². The molecule has 3 heterocycles. The van der Waals surface area contributed by atoms with Gasteiger partial charge in [0.2, 0.25) is 5.91 Å². The van der Waals surface area contributed by atoms with Crippen LogP contribution >= 0.6 is 0 Å². The molecule has 8 heteroatoms. The maximum Gasteiger partial charge on any atom is 0.234 e. The predicted octanol–water partition coefficient (Wildman–Crippen LogP) is 0.0383. The summed E-state index contributed by atoms with van der Waals surface area (Å²) in [5.41, 5.74) is 0.950. The van der Waals surface area contributed by atoms with Gasteiger partial charge in [0.1, 0.15) is 12.2 Å². The molecule has 0 radical (unpaired) electrons. The van der Waals surface area contributed by atoms with Crippen molar-refractivity contribution in [1.82, 2.24) is 25.0 Å². The summed E-state index contributed by atoms with van der Waals surface area (Å²) in [6.45, 7) is 4.34. The first-order chi connectivity index (χ1) is 12.1. The van der Waals surface area contributed by atoms with Gasteiger partial charge >= 0.3 is 0 Å². The van der Waals surface area contributed by atoms with Crippen molar-refractivity contribution < 1.29 is 14.6 Å². The van der Waals surface area contributed by atoms with Crippen molar-refractivity contribution in [2.24, 2.45) is 0 Å². The van der Waals surface area contributed by atoms with E-state index in [-0.39, 0.29) is 18.6 Å². The average Bonchev–Trinajstić information content (AvgIpc) is 3.21. The van der Waals surface area contributed by atoms with Crippen LogP contribution in [0, 0.1) is 0 Å². The topological polar surface area (TPSA) is 92.5 Å². The summed E-state index contributed by atoms with van der Waals surface area (Å²) in [7, 11) is 0. The number of nitrogens with zero attached hydrogens (tertiary/aromatic N) is 4. The first-order valence-electron chi connectivity index (χ1n) is 8.39. The number of hydrogen-bond donors (Lipinski definition) is 2. The number of carbonyl (C=O) groups is 1. The van der Waals surface area contributed by atoms with Crippen molar-refractivity contribution in [1.29, 1.82) is 0 Å². The number of aryl methyl sites for hydroxylation is 1. The number of nitrogens with one attached hydrogen (secondary N) is 1. The summed E-state index contributed by atoms with van der Waals surface area (Å²) in [6, 6.07) is 3.74. The number of pyridine rings is 1. The molecule has 1 fully saturated rings. The van der Waals surface area contributed by atoms with Crippen molar-refractivity contribution in [2.45, 2.75) is 32.2 Å². The highest BCUT2D eigenvalue weighted by molar-refractivity contribution is 5.78. The highest BCUT2D eigenvalue weighted by atomic mass is 16.5. The van der Waals surface area contributed by atoms with E-state index >= 15 is 0 Å². The van der Waals surface area contributed by atoms with Gasteiger partial charge in [-0.3, -0.25) is 19.4 Å². The van der Waals surface area contributed by atoms with Crippen LogP contribution in [0.1, 0.15) is 12.5 Å². The smallest absolute Gasteiger partial charge is 0.234 e. The summed E-state index contributed by atoms with van der Waals surface area (Å²) in [5.74, 6) is 0.546. The molecule has 1 aliphatic rings. The maximum absolute atomic E-state index is 12.1. The Morgan fingerprint density at radius 3 is 3.04 bits per heavy atom. The van der Waals surface area contributed by atoms with E-state index in [0.717, 1.165) is 12.1 Å². The third-order valence-corrected chi connectivity index (χ3v) is 4.11. The third kappa shape index (κ3) is 4.77.